The van der Waals surface area contributed by atoms with Crippen LogP contribution in [0.4, 0.5) is 0 Å². The van der Waals surface area contributed by atoms with E-state index in [1.165, 1.54) is 0 Å². The van der Waals surface area contributed by atoms with Gasteiger partial charge in [0, 0.05) is 5.57 Å². The van der Waals surface area contributed by atoms with E-state index in [0.29, 0.717) is 17.9 Å². The van der Waals surface area contributed by atoms with Crippen molar-refractivity contribution in [2.24, 2.45) is 0 Å². The van der Waals surface area contributed by atoms with Crippen molar-refractivity contribution in [2.75, 3.05) is 12.5 Å². The molecule has 0 saturated carbocycles. The van der Waals surface area contributed by atoms with Crippen LogP contribution in [-0.2, 0) is 9.53 Å². The van der Waals surface area contributed by atoms with E-state index in [9.17, 15) is 4.79 Å². The first-order valence-corrected chi connectivity index (χ1v) is 3.66. The Kier molecular flexibility index (Phi) is 5.03. The van der Waals surface area contributed by atoms with Gasteiger partial charge in [0.1, 0.15) is 6.61 Å². The average molecular weight is 163 g/mol. The second kappa shape index (κ2) is 5.30. The fourth-order valence-electron chi connectivity index (χ4n) is 0.378. The third-order valence-corrected chi connectivity index (χ3v) is 1.18. The molecule has 0 atom stereocenters. The summed E-state index contributed by atoms with van der Waals surface area (Å²) < 4.78 is 4.67. The van der Waals surface area contributed by atoms with E-state index in [4.69, 9.17) is 11.6 Å². The molecule has 0 spiro atoms. The van der Waals surface area contributed by atoms with Crippen LogP contribution in [-0.4, -0.2) is 18.5 Å². The molecule has 0 radical (unpaired) electrons. The van der Waals surface area contributed by atoms with Gasteiger partial charge in [-0.15, -0.1) is 11.6 Å². The molecule has 0 saturated heterocycles. The molecule has 0 aromatic rings. The van der Waals surface area contributed by atoms with E-state index in [0.717, 1.165) is 0 Å². The Bertz CT molecular complexity index is 132. The molecule has 2 nitrogen and oxygen atoms in total. The summed E-state index contributed by atoms with van der Waals surface area (Å²) >= 11 is 5.29. The average Bonchev–Trinajstić information content (AvgIpc) is 1.98. The number of hydrogen-bond donors (Lipinski definition) is 0. The van der Waals surface area contributed by atoms with Crippen molar-refractivity contribution in [3.63, 3.8) is 0 Å². The van der Waals surface area contributed by atoms with E-state index < -0.39 is 0 Å². The third kappa shape index (κ3) is 3.51. The molecule has 0 amide bonds. The molecule has 58 valence electrons. The lowest BCUT2D eigenvalue weighted by atomic mass is 10.2. The summed E-state index contributed by atoms with van der Waals surface area (Å²) in [4.78, 5) is 10.8. The van der Waals surface area contributed by atoms with E-state index in [1.54, 1.807) is 0 Å². The molecule has 0 bridgehead atoms. The molecular weight excluding hydrogens is 152 g/mol. The van der Waals surface area contributed by atoms with Gasteiger partial charge < -0.3 is 4.74 Å². The fourth-order valence-corrected chi connectivity index (χ4v) is 0.455. The summed E-state index contributed by atoms with van der Waals surface area (Å²) in [6.07, 6.45) is 0.626. The van der Waals surface area contributed by atoms with Gasteiger partial charge in [-0.1, -0.05) is 13.5 Å². The first-order chi connectivity index (χ1) is 4.72. The molecule has 0 N–H and O–H groups in total. The van der Waals surface area contributed by atoms with Gasteiger partial charge in [-0.2, -0.15) is 0 Å². The number of carbonyl (C=O) groups excluding carboxylic acids is 1. The van der Waals surface area contributed by atoms with Crippen molar-refractivity contribution in [2.45, 2.75) is 13.3 Å². The molecule has 0 unspecified atom stereocenters. The zero-order chi connectivity index (χ0) is 7.98. The van der Waals surface area contributed by atoms with E-state index >= 15 is 0 Å². The van der Waals surface area contributed by atoms with Crippen molar-refractivity contribution >= 4 is 17.6 Å². The quantitative estimate of drug-likeness (QED) is 0.358. The molecule has 0 aliphatic rings. The summed E-state index contributed by atoms with van der Waals surface area (Å²) in [6, 6.07) is 0. The van der Waals surface area contributed by atoms with E-state index in [2.05, 4.69) is 11.3 Å². The monoisotopic (exact) mass is 162 g/mol. The summed E-state index contributed by atoms with van der Waals surface area (Å²) in [5, 5.41) is 0. The van der Waals surface area contributed by atoms with Crippen LogP contribution in [0.1, 0.15) is 13.3 Å². The molecular formula is C7H11ClO2. The van der Waals surface area contributed by atoms with Gasteiger partial charge in [0.05, 0.1) is 5.88 Å². The highest BCUT2D eigenvalue weighted by Gasteiger charge is 2.03. The Labute approximate surface area is 65.8 Å². The summed E-state index contributed by atoms with van der Waals surface area (Å²) in [5.74, 6) is -0.00826. The molecule has 0 aliphatic heterocycles. The standard InChI is InChI=1S/C7H11ClO2/c1-3-6(2)7(9)10-5-4-8/h2-5H2,1H3. The molecule has 0 aromatic carbocycles. The van der Waals surface area contributed by atoms with Gasteiger partial charge in [-0.3, -0.25) is 0 Å². The summed E-state index contributed by atoms with van der Waals surface area (Å²) in [5.41, 5.74) is 0.491. The molecule has 0 aromatic heterocycles. The Morgan fingerprint density at radius 3 is 2.70 bits per heavy atom. The topological polar surface area (TPSA) is 26.3 Å². The Morgan fingerprint density at radius 2 is 2.30 bits per heavy atom. The minimum atomic E-state index is -0.344. The summed E-state index contributed by atoms with van der Waals surface area (Å²) in [6.45, 7) is 5.62. The maximum atomic E-state index is 10.8. The second-order valence-corrected chi connectivity index (χ2v) is 2.16. The first-order valence-electron chi connectivity index (χ1n) is 3.13. The number of halogens is 1. The van der Waals surface area contributed by atoms with Gasteiger partial charge >= 0.3 is 5.97 Å². The number of carbonyl (C=O) groups is 1. The second-order valence-electron chi connectivity index (χ2n) is 1.78. The van der Waals surface area contributed by atoms with Crippen LogP contribution in [0.3, 0.4) is 0 Å². The zero-order valence-electron chi connectivity index (χ0n) is 6.02. The van der Waals surface area contributed by atoms with Crippen molar-refractivity contribution in [3.05, 3.63) is 12.2 Å². The highest BCUT2D eigenvalue weighted by Crippen LogP contribution is 1.98. The van der Waals surface area contributed by atoms with E-state index in [1.807, 2.05) is 6.92 Å². The van der Waals surface area contributed by atoms with Gasteiger partial charge in [-0.25, -0.2) is 4.79 Å². The predicted molar refractivity (Wildman–Crippen MR) is 41.1 cm³/mol. The van der Waals surface area contributed by atoms with Crippen molar-refractivity contribution in [1.29, 1.82) is 0 Å². The summed E-state index contributed by atoms with van der Waals surface area (Å²) in [7, 11) is 0. The Hall–Kier alpha value is -0.500. The van der Waals surface area contributed by atoms with Gasteiger partial charge in [-0.05, 0) is 6.42 Å². The molecule has 10 heavy (non-hydrogen) atoms. The van der Waals surface area contributed by atoms with Gasteiger partial charge in [0.25, 0.3) is 0 Å². The first kappa shape index (κ1) is 9.50. The van der Waals surface area contributed by atoms with Crippen LogP contribution < -0.4 is 0 Å². The minimum Gasteiger partial charge on any atom is -0.461 e. The number of hydrogen-bond acceptors (Lipinski definition) is 2. The Balaban J connectivity index is 3.52. The normalized spacial score (nSPS) is 9.00. The van der Waals surface area contributed by atoms with Gasteiger partial charge in [0.2, 0.25) is 0 Å². The highest BCUT2D eigenvalue weighted by atomic mass is 35.5. The van der Waals surface area contributed by atoms with Crippen molar-refractivity contribution in [1.82, 2.24) is 0 Å². The number of ether oxygens (including phenoxy) is 1. The number of rotatable bonds is 4. The van der Waals surface area contributed by atoms with Crippen LogP contribution in [0.2, 0.25) is 0 Å². The molecule has 0 heterocycles. The highest BCUT2D eigenvalue weighted by molar-refractivity contribution is 6.18. The largest absolute Gasteiger partial charge is 0.461 e. The van der Waals surface area contributed by atoms with Crippen LogP contribution >= 0.6 is 11.6 Å². The maximum Gasteiger partial charge on any atom is 0.333 e. The zero-order valence-corrected chi connectivity index (χ0v) is 6.78. The van der Waals surface area contributed by atoms with Crippen molar-refractivity contribution < 1.29 is 9.53 Å². The molecule has 3 heteroatoms. The van der Waals surface area contributed by atoms with Crippen LogP contribution in [0.25, 0.3) is 0 Å². The van der Waals surface area contributed by atoms with Crippen LogP contribution in [0.15, 0.2) is 12.2 Å². The predicted octanol–water partition coefficient (Wildman–Crippen LogP) is 1.73. The third-order valence-electron chi connectivity index (χ3n) is 1.03. The lowest BCUT2D eigenvalue weighted by Gasteiger charge is -2.01. The van der Waals surface area contributed by atoms with Crippen molar-refractivity contribution in [3.8, 4) is 0 Å². The Morgan fingerprint density at radius 1 is 1.70 bits per heavy atom. The maximum absolute atomic E-state index is 10.8. The molecule has 0 rings (SSSR count). The molecule has 0 aliphatic carbocycles. The molecule has 0 fully saturated rings. The smallest absolute Gasteiger partial charge is 0.333 e. The van der Waals surface area contributed by atoms with Crippen LogP contribution in [0, 0.1) is 0 Å². The number of alkyl halides is 1. The fraction of sp³-hybridized carbons (Fsp3) is 0.571. The lowest BCUT2D eigenvalue weighted by molar-refractivity contribution is -0.138. The van der Waals surface area contributed by atoms with Crippen LogP contribution in [0.5, 0.6) is 0 Å². The lowest BCUT2D eigenvalue weighted by Crippen LogP contribution is -2.08. The number of esters is 1. The van der Waals surface area contributed by atoms with E-state index in [-0.39, 0.29) is 12.6 Å². The minimum absolute atomic E-state index is 0.263. The van der Waals surface area contributed by atoms with Gasteiger partial charge in [0.15, 0.2) is 0 Å². The SMILES string of the molecule is C=C(CC)C(=O)OCCCl.